The van der Waals surface area contributed by atoms with Gasteiger partial charge in [-0.15, -0.1) is 0 Å². The quantitative estimate of drug-likeness (QED) is 0.745. The van der Waals surface area contributed by atoms with E-state index < -0.39 is 11.6 Å². The van der Waals surface area contributed by atoms with Crippen LogP contribution in [-0.2, 0) is 9.59 Å². The number of imide groups is 1. The van der Waals surface area contributed by atoms with Crippen LogP contribution in [0.4, 0.5) is 4.79 Å². The number of halogens is 2. The molecule has 2 heterocycles. The summed E-state index contributed by atoms with van der Waals surface area (Å²) in [6.07, 6.45) is 1.94. The number of carbonyl (C=O) groups is 3. The molecule has 2 saturated heterocycles. The molecule has 146 valence electrons. The van der Waals surface area contributed by atoms with Crippen molar-refractivity contribution in [1.82, 2.24) is 15.5 Å². The predicted octanol–water partition coefficient (Wildman–Crippen LogP) is 3.32. The fourth-order valence-electron chi connectivity index (χ4n) is 3.98. The molecule has 2 aliphatic rings. The minimum atomic E-state index is -1.04. The van der Waals surface area contributed by atoms with Gasteiger partial charge in [-0.25, -0.2) is 4.79 Å². The van der Waals surface area contributed by atoms with Gasteiger partial charge in [0.05, 0.1) is 0 Å². The number of benzene rings is 1. The van der Waals surface area contributed by atoms with Gasteiger partial charge in [-0.1, -0.05) is 30.1 Å². The standard InChI is InChI=1S/C19H23Cl2N3O3/c1-11(10-19(2)17(26)22-18(27)23-19)16(25)24-5-3-12(4-6-24)13-7-14(20)9-15(21)8-13/h7-9,11-12H,3-6,10H2,1-2H3,(H2,22,23,26,27)/t11-,19+/m0/s1. The third kappa shape index (κ3) is 4.38. The maximum atomic E-state index is 12.8. The van der Waals surface area contributed by atoms with E-state index in [0.717, 1.165) is 18.4 Å². The minimum Gasteiger partial charge on any atom is -0.342 e. The second kappa shape index (κ2) is 7.68. The molecule has 0 saturated carbocycles. The first kappa shape index (κ1) is 20.0. The first-order chi connectivity index (χ1) is 12.7. The van der Waals surface area contributed by atoms with Gasteiger partial charge in [0, 0.05) is 29.1 Å². The Kier molecular flexibility index (Phi) is 5.68. The lowest BCUT2D eigenvalue weighted by Crippen LogP contribution is -2.48. The van der Waals surface area contributed by atoms with Crippen LogP contribution >= 0.6 is 23.2 Å². The topological polar surface area (TPSA) is 78.5 Å². The van der Waals surface area contributed by atoms with Crippen molar-refractivity contribution in [2.75, 3.05) is 13.1 Å². The summed E-state index contributed by atoms with van der Waals surface area (Å²) >= 11 is 12.2. The van der Waals surface area contributed by atoms with Crippen molar-refractivity contribution < 1.29 is 14.4 Å². The van der Waals surface area contributed by atoms with Crippen molar-refractivity contribution in [3.63, 3.8) is 0 Å². The van der Waals surface area contributed by atoms with Crippen LogP contribution in [0.15, 0.2) is 18.2 Å². The Bertz CT molecular complexity index is 757. The first-order valence-electron chi connectivity index (χ1n) is 9.06. The van der Waals surface area contributed by atoms with Crippen molar-refractivity contribution in [3.8, 4) is 0 Å². The normalized spacial score (nSPS) is 24.5. The van der Waals surface area contributed by atoms with Gasteiger partial charge in [0.25, 0.3) is 5.91 Å². The molecule has 0 aromatic heterocycles. The molecule has 0 unspecified atom stereocenters. The van der Waals surface area contributed by atoms with Crippen molar-refractivity contribution in [2.24, 2.45) is 5.92 Å². The van der Waals surface area contributed by atoms with E-state index >= 15 is 0 Å². The second-order valence-electron chi connectivity index (χ2n) is 7.65. The zero-order chi connectivity index (χ0) is 19.8. The molecule has 8 heteroatoms. The number of nitrogens with one attached hydrogen (secondary N) is 2. The molecule has 0 bridgehead atoms. The fourth-order valence-corrected chi connectivity index (χ4v) is 4.52. The number of carbonyl (C=O) groups excluding carboxylic acids is 3. The summed E-state index contributed by atoms with van der Waals surface area (Å²) in [6.45, 7) is 4.74. The fraction of sp³-hybridized carbons (Fsp3) is 0.526. The van der Waals surface area contributed by atoms with Crippen LogP contribution in [0.3, 0.4) is 0 Å². The summed E-state index contributed by atoms with van der Waals surface area (Å²) in [5.74, 6) is -0.425. The summed E-state index contributed by atoms with van der Waals surface area (Å²) in [5.41, 5.74) is 0.0626. The summed E-state index contributed by atoms with van der Waals surface area (Å²) in [7, 11) is 0. The molecule has 3 rings (SSSR count). The highest BCUT2D eigenvalue weighted by Gasteiger charge is 2.44. The van der Waals surface area contributed by atoms with Crippen LogP contribution in [-0.4, -0.2) is 41.4 Å². The molecule has 27 heavy (non-hydrogen) atoms. The molecule has 6 nitrogen and oxygen atoms in total. The number of amides is 4. The highest BCUT2D eigenvalue weighted by Crippen LogP contribution is 2.32. The molecule has 0 aliphatic carbocycles. The molecule has 2 fully saturated rings. The highest BCUT2D eigenvalue weighted by molar-refractivity contribution is 6.34. The molecule has 1 aromatic carbocycles. The lowest BCUT2D eigenvalue weighted by Gasteiger charge is -2.35. The summed E-state index contributed by atoms with van der Waals surface area (Å²) in [5, 5.41) is 6.08. The van der Waals surface area contributed by atoms with Gasteiger partial charge in [-0.05, 0) is 55.9 Å². The maximum absolute atomic E-state index is 12.8. The average Bonchev–Trinajstić information content (AvgIpc) is 2.85. The van der Waals surface area contributed by atoms with E-state index in [1.807, 2.05) is 17.0 Å². The third-order valence-corrected chi connectivity index (χ3v) is 5.85. The summed E-state index contributed by atoms with van der Waals surface area (Å²) in [4.78, 5) is 38.0. The Labute approximate surface area is 168 Å². The van der Waals surface area contributed by atoms with E-state index in [2.05, 4.69) is 10.6 Å². The lowest BCUT2D eigenvalue weighted by molar-refractivity contribution is -0.137. The Morgan fingerprint density at radius 2 is 1.81 bits per heavy atom. The van der Waals surface area contributed by atoms with Gasteiger partial charge in [-0.3, -0.25) is 14.9 Å². The third-order valence-electron chi connectivity index (χ3n) is 5.42. The summed E-state index contributed by atoms with van der Waals surface area (Å²) < 4.78 is 0. The van der Waals surface area contributed by atoms with Crippen LogP contribution < -0.4 is 10.6 Å². The number of hydrogen-bond acceptors (Lipinski definition) is 3. The minimum absolute atomic E-state index is 0.00718. The zero-order valence-electron chi connectivity index (χ0n) is 15.4. The molecule has 0 spiro atoms. The van der Waals surface area contributed by atoms with E-state index in [-0.39, 0.29) is 24.2 Å². The Morgan fingerprint density at radius 3 is 2.33 bits per heavy atom. The SMILES string of the molecule is C[C@@H](C[C@@]1(C)NC(=O)NC1=O)C(=O)N1CCC(c2cc(Cl)cc(Cl)c2)CC1. The molecule has 0 radical (unpaired) electrons. The number of hydrogen-bond donors (Lipinski definition) is 2. The molecule has 2 N–H and O–H groups in total. The van der Waals surface area contributed by atoms with E-state index in [4.69, 9.17) is 23.2 Å². The lowest BCUT2D eigenvalue weighted by atomic mass is 9.87. The van der Waals surface area contributed by atoms with E-state index in [9.17, 15) is 14.4 Å². The van der Waals surface area contributed by atoms with Gasteiger partial charge >= 0.3 is 6.03 Å². The van der Waals surface area contributed by atoms with Crippen LogP contribution in [0, 0.1) is 5.92 Å². The van der Waals surface area contributed by atoms with Crippen LogP contribution in [0.25, 0.3) is 0 Å². The van der Waals surface area contributed by atoms with E-state index in [0.29, 0.717) is 29.1 Å². The van der Waals surface area contributed by atoms with Crippen LogP contribution in [0.1, 0.15) is 44.6 Å². The number of nitrogens with zero attached hydrogens (tertiary/aromatic N) is 1. The predicted molar refractivity (Wildman–Crippen MR) is 104 cm³/mol. The number of piperidine rings is 1. The molecule has 2 aliphatic heterocycles. The Morgan fingerprint density at radius 1 is 1.22 bits per heavy atom. The van der Waals surface area contributed by atoms with Crippen molar-refractivity contribution in [3.05, 3.63) is 33.8 Å². The van der Waals surface area contributed by atoms with Crippen LogP contribution in [0.2, 0.25) is 10.0 Å². The number of likely N-dealkylation sites (tertiary alicyclic amines) is 1. The number of rotatable bonds is 4. The summed E-state index contributed by atoms with van der Waals surface area (Å²) in [6, 6.07) is 5.06. The smallest absolute Gasteiger partial charge is 0.322 e. The van der Waals surface area contributed by atoms with Gasteiger partial charge in [0.15, 0.2) is 0 Å². The van der Waals surface area contributed by atoms with Gasteiger partial charge in [0.2, 0.25) is 5.91 Å². The molecule has 2 atom stereocenters. The monoisotopic (exact) mass is 411 g/mol. The van der Waals surface area contributed by atoms with Crippen molar-refractivity contribution >= 4 is 41.0 Å². The average molecular weight is 412 g/mol. The van der Waals surface area contributed by atoms with Crippen LogP contribution in [0.5, 0.6) is 0 Å². The highest BCUT2D eigenvalue weighted by atomic mass is 35.5. The Hall–Kier alpha value is -1.79. The maximum Gasteiger partial charge on any atom is 0.322 e. The van der Waals surface area contributed by atoms with E-state index in [1.165, 1.54) is 0 Å². The molecule has 1 aromatic rings. The van der Waals surface area contributed by atoms with Gasteiger partial charge in [-0.2, -0.15) is 0 Å². The Balaban J connectivity index is 1.58. The van der Waals surface area contributed by atoms with E-state index in [1.54, 1.807) is 19.9 Å². The zero-order valence-corrected chi connectivity index (χ0v) is 16.9. The van der Waals surface area contributed by atoms with Gasteiger partial charge in [0.1, 0.15) is 5.54 Å². The molecular formula is C19H23Cl2N3O3. The molecular weight excluding hydrogens is 389 g/mol. The van der Waals surface area contributed by atoms with Crippen molar-refractivity contribution in [2.45, 2.75) is 44.6 Å². The largest absolute Gasteiger partial charge is 0.342 e. The van der Waals surface area contributed by atoms with Gasteiger partial charge < -0.3 is 10.2 Å². The molecule has 4 amide bonds. The second-order valence-corrected chi connectivity index (χ2v) is 8.52. The number of urea groups is 1. The first-order valence-corrected chi connectivity index (χ1v) is 9.82. The van der Waals surface area contributed by atoms with Crippen molar-refractivity contribution in [1.29, 1.82) is 0 Å².